The van der Waals surface area contributed by atoms with E-state index in [0.29, 0.717) is 19.4 Å². The van der Waals surface area contributed by atoms with Crippen LogP contribution in [0, 0.1) is 5.92 Å². The van der Waals surface area contributed by atoms with Crippen LogP contribution in [0.2, 0.25) is 0 Å². The summed E-state index contributed by atoms with van der Waals surface area (Å²) in [5, 5.41) is 18.5. The van der Waals surface area contributed by atoms with Crippen LogP contribution in [0.3, 0.4) is 0 Å². The zero-order valence-corrected chi connectivity index (χ0v) is 22.9. The number of aromatic amines is 1. The van der Waals surface area contributed by atoms with Crippen LogP contribution in [0.25, 0.3) is 10.9 Å². The van der Waals surface area contributed by atoms with Crippen molar-refractivity contribution < 1.29 is 29.1 Å². The van der Waals surface area contributed by atoms with Crippen molar-refractivity contribution in [3.8, 4) is 0 Å². The number of hydrogen-bond donors (Lipinski definition) is 8. The predicted octanol–water partition coefficient (Wildman–Crippen LogP) is -0.373. The van der Waals surface area contributed by atoms with Crippen molar-refractivity contribution in [1.29, 1.82) is 0 Å². The normalized spacial score (nSPS) is 14.2. The van der Waals surface area contributed by atoms with Gasteiger partial charge in [-0.3, -0.25) is 19.2 Å². The molecular formula is C27H41N7O6. The lowest BCUT2D eigenvalue weighted by atomic mass is 10.0. The molecule has 13 nitrogen and oxygen atoms in total. The maximum atomic E-state index is 13.3. The average molecular weight is 560 g/mol. The van der Waals surface area contributed by atoms with Gasteiger partial charge in [0.2, 0.25) is 23.6 Å². The summed E-state index contributed by atoms with van der Waals surface area (Å²) >= 11 is 0. The molecule has 0 bridgehead atoms. The molecule has 2 aromatic rings. The molecule has 0 radical (unpaired) electrons. The first-order chi connectivity index (χ1) is 18.9. The summed E-state index contributed by atoms with van der Waals surface area (Å²) < 4.78 is 0. The minimum atomic E-state index is -1.25. The van der Waals surface area contributed by atoms with E-state index in [1.165, 1.54) is 0 Å². The second-order valence-electron chi connectivity index (χ2n) is 10.2. The fourth-order valence-corrected chi connectivity index (χ4v) is 4.24. The third kappa shape index (κ3) is 9.65. The molecule has 0 aliphatic heterocycles. The van der Waals surface area contributed by atoms with Crippen molar-refractivity contribution >= 4 is 40.5 Å². The van der Waals surface area contributed by atoms with Crippen LogP contribution in [0.15, 0.2) is 30.5 Å². The van der Waals surface area contributed by atoms with Crippen molar-refractivity contribution in [2.45, 2.75) is 76.5 Å². The van der Waals surface area contributed by atoms with Gasteiger partial charge >= 0.3 is 5.97 Å². The number of rotatable bonds is 17. The van der Waals surface area contributed by atoms with E-state index in [1.54, 1.807) is 20.0 Å². The predicted molar refractivity (Wildman–Crippen MR) is 150 cm³/mol. The number of primary amides is 1. The molecular weight excluding hydrogens is 518 g/mol. The largest absolute Gasteiger partial charge is 0.480 e. The molecule has 2 rings (SSSR count). The molecule has 11 N–H and O–H groups in total. The summed E-state index contributed by atoms with van der Waals surface area (Å²) in [4.78, 5) is 65.2. The van der Waals surface area contributed by atoms with E-state index in [9.17, 15) is 29.1 Å². The molecule has 4 amide bonds. The Balaban J connectivity index is 2.15. The van der Waals surface area contributed by atoms with Crippen LogP contribution in [0.1, 0.15) is 51.5 Å². The second-order valence-corrected chi connectivity index (χ2v) is 10.2. The molecule has 13 heteroatoms. The smallest absolute Gasteiger partial charge is 0.326 e. The summed E-state index contributed by atoms with van der Waals surface area (Å²) in [6.07, 6.45) is 2.98. The first kappa shape index (κ1) is 32.2. The van der Waals surface area contributed by atoms with E-state index in [1.807, 2.05) is 24.3 Å². The van der Waals surface area contributed by atoms with Crippen LogP contribution in [-0.2, 0) is 30.4 Å². The monoisotopic (exact) mass is 559 g/mol. The van der Waals surface area contributed by atoms with E-state index in [2.05, 4.69) is 20.9 Å². The highest BCUT2D eigenvalue weighted by atomic mass is 16.4. The molecule has 0 aliphatic carbocycles. The number of aromatic nitrogens is 1. The Morgan fingerprint density at radius 1 is 0.925 bits per heavy atom. The number of carbonyl (C=O) groups is 5. The van der Waals surface area contributed by atoms with Gasteiger partial charge in [0.15, 0.2) is 0 Å². The number of para-hydroxylation sites is 1. The quantitative estimate of drug-likeness (QED) is 0.119. The zero-order chi connectivity index (χ0) is 29.8. The zero-order valence-electron chi connectivity index (χ0n) is 22.9. The topological polar surface area (TPSA) is 236 Å². The first-order valence-electron chi connectivity index (χ1n) is 13.4. The van der Waals surface area contributed by atoms with Gasteiger partial charge in [-0.2, -0.15) is 0 Å². The summed E-state index contributed by atoms with van der Waals surface area (Å²) in [6, 6.07) is 3.03. The Hall–Kier alpha value is -3.97. The van der Waals surface area contributed by atoms with Gasteiger partial charge in [-0.1, -0.05) is 32.0 Å². The number of H-pyrrole nitrogens is 1. The van der Waals surface area contributed by atoms with Crippen molar-refractivity contribution in [3.63, 3.8) is 0 Å². The van der Waals surface area contributed by atoms with Crippen molar-refractivity contribution in [3.05, 3.63) is 36.0 Å². The molecule has 1 aromatic carbocycles. The molecule has 0 saturated heterocycles. The summed E-state index contributed by atoms with van der Waals surface area (Å²) in [5.74, 6) is -4.11. The van der Waals surface area contributed by atoms with Crippen LogP contribution >= 0.6 is 0 Å². The lowest BCUT2D eigenvalue weighted by molar-refractivity contribution is -0.142. The van der Waals surface area contributed by atoms with Gasteiger partial charge in [-0.15, -0.1) is 0 Å². The van der Waals surface area contributed by atoms with E-state index >= 15 is 0 Å². The second kappa shape index (κ2) is 15.6. The molecule has 4 atom stereocenters. The molecule has 1 heterocycles. The molecule has 0 fully saturated rings. The van der Waals surface area contributed by atoms with Crippen LogP contribution in [0.5, 0.6) is 0 Å². The van der Waals surface area contributed by atoms with Gasteiger partial charge in [-0.25, -0.2) is 4.79 Å². The molecule has 40 heavy (non-hydrogen) atoms. The number of nitrogens with two attached hydrogens (primary N) is 3. The Morgan fingerprint density at radius 2 is 1.60 bits per heavy atom. The Morgan fingerprint density at radius 3 is 2.23 bits per heavy atom. The SMILES string of the molecule is CC(C)C(NC(=O)C(N)CCC(N)=O)C(=O)NC(CCCCN)C(=O)NC(Cc1c[nH]c2ccccc12)C(=O)O. The van der Waals surface area contributed by atoms with Crippen LogP contribution < -0.4 is 33.2 Å². The molecule has 1 aromatic heterocycles. The number of carboxylic acid groups (broad SMARTS) is 1. The molecule has 4 unspecified atom stereocenters. The molecule has 220 valence electrons. The van der Waals surface area contributed by atoms with Gasteiger partial charge < -0.3 is 43.2 Å². The van der Waals surface area contributed by atoms with Gasteiger partial charge in [0.25, 0.3) is 0 Å². The number of carbonyl (C=O) groups excluding carboxylic acids is 4. The Labute approximate surface area is 233 Å². The summed E-state index contributed by atoms with van der Waals surface area (Å²) in [7, 11) is 0. The Kier molecular flexibility index (Phi) is 12.6. The fourth-order valence-electron chi connectivity index (χ4n) is 4.24. The maximum absolute atomic E-state index is 13.3. The lowest BCUT2D eigenvalue weighted by Crippen LogP contribution is -2.58. The lowest BCUT2D eigenvalue weighted by Gasteiger charge is -2.27. The van der Waals surface area contributed by atoms with E-state index < -0.39 is 53.8 Å². The minimum absolute atomic E-state index is 0.0186. The maximum Gasteiger partial charge on any atom is 0.326 e. The van der Waals surface area contributed by atoms with Gasteiger partial charge in [-0.05, 0) is 49.8 Å². The highest BCUT2D eigenvalue weighted by Crippen LogP contribution is 2.19. The number of unbranched alkanes of at least 4 members (excludes halogenated alkanes) is 1. The first-order valence-corrected chi connectivity index (χ1v) is 13.4. The van der Waals surface area contributed by atoms with Crippen molar-refractivity contribution in [2.24, 2.45) is 23.1 Å². The fraction of sp³-hybridized carbons (Fsp3) is 0.519. The Bertz CT molecular complexity index is 1180. The summed E-state index contributed by atoms with van der Waals surface area (Å²) in [5.41, 5.74) is 18.1. The highest BCUT2D eigenvalue weighted by molar-refractivity contribution is 5.94. The standard InChI is InChI=1S/C27H41N7O6/c1-15(2)23(34-24(36)18(29)10-11-22(30)35)26(38)32-20(9-5-6-12-28)25(37)33-21(27(39)40)13-16-14-31-19-8-4-3-7-17(16)19/h3-4,7-8,14-15,18,20-21,23,31H,5-6,9-13,28-29H2,1-2H3,(H2,30,35)(H,32,38)(H,33,37)(H,34,36)(H,39,40). The number of carboxylic acids is 1. The number of amides is 4. The van der Waals surface area contributed by atoms with Gasteiger partial charge in [0, 0.05) is 29.9 Å². The number of nitrogens with one attached hydrogen (secondary N) is 4. The number of aliphatic carboxylic acids is 1. The van der Waals surface area contributed by atoms with E-state index in [-0.39, 0.29) is 31.6 Å². The van der Waals surface area contributed by atoms with Crippen molar-refractivity contribution in [2.75, 3.05) is 6.54 Å². The molecule has 0 aliphatic rings. The number of fused-ring (bicyclic) bond motifs is 1. The van der Waals surface area contributed by atoms with Gasteiger partial charge in [0.05, 0.1) is 6.04 Å². The average Bonchev–Trinajstić information content (AvgIpc) is 3.31. The van der Waals surface area contributed by atoms with E-state index in [4.69, 9.17) is 17.2 Å². The highest BCUT2D eigenvalue weighted by Gasteiger charge is 2.32. The third-order valence-corrected chi connectivity index (χ3v) is 6.58. The number of hydrogen-bond acceptors (Lipinski definition) is 7. The van der Waals surface area contributed by atoms with Crippen molar-refractivity contribution in [1.82, 2.24) is 20.9 Å². The van der Waals surface area contributed by atoms with E-state index in [0.717, 1.165) is 16.5 Å². The summed E-state index contributed by atoms with van der Waals surface area (Å²) in [6.45, 7) is 3.81. The molecule has 0 saturated carbocycles. The van der Waals surface area contributed by atoms with Gasteiger partial charge in [0.1, 0.15) is 18.1 Å². The third-order valence-electron chi connectivity index (χ3n) is 6.58. The van der Waals surface area contributed by atoms with Crippen LogP contribution in [0.4, 0.5) is 0 Å². The molecule has 0 spiro atoms. The minimum Gasteiger partial charge on any atom is -0.480 e. The number of benzene rings is 1. The van der Waals surface area contributed by atoms with Crippen LogP contribution in [-0.4, -0.2) is 70.4 Å².